The number of esters is 1. The number of unbranched alkanes of at least 4 members (excludes halogenated alkanes) is 62. The number of nitrogens with one attached hydrogen (secondary N) is 1. The first-order valence-electron chi connectivity index (χ1n) is 41.7. The first-order chi connectivity index (χ1) is 45.0. The number of ether oxygens (including phenoxy) is 1. The number of carbonyl (C=O) groups excluding carboxylic acids is 2. The lowest BCUT2D eigenvalue weighted by Gasteiger charge is -2.22. The van der Waals surface area contributed by atoms with Crippen molar-refractivity contribution < 1.29 is 24.5 Å². The molecular weight excluding hydrogens is 1110 g/mol. The average molecular weight is 1280 g/mol. The normalized spacial score (nSPS) is 12.6. The molecule has 3 N–H and O–H groups in total. The van der Waals surface area contributed by atoms with Crippen molar-refractivity contribution in [1.29, 1.82) is 0 Å². The number of aliphatic hydroxyl groups is 2. The minimum atomic E-state index is -0.663. The van der Waals surface area contributed by atoms with Gasteiger partial charge in [0.1, 0.15) is 0 Å². The van der Waals surface area contributed by atoms with Gasteiger partial charge in [-0.2, -0.15) is 0 Å². The van der Waals surface area contributed by atoms with Crippen molar-refractivity contribution in [1.82, 2.24) is 5.32 Å². The Kier molecular flexibility index (Phi) is 78.8. The van der Waals surface area contributed by atoms with E-state index in [1.54, 1.807) is 0 Å². The molecule has 1 amide bonds. The fraction of sp³-hybridized carbons (Fsp3) is 0.906. The molecule has 6 heteroatoms. The Labute approximate surface area is 570 Å². The zero-order chi connectivity index (χ0) is 65.6. The zero-order valence-electron chi connectivity index (χ0n) is 61.9. The molecule has 0 heterocycles. The van der Waals surface area contributed by atoms with E-state index in [0.29, 0.717) is 25.9 Å². The van der Waals surface area contributed by atoms with Crippen LogP contribution in [0.25, 0.3) is 0 Å². The van der Waals surface area contributed by atoms with Crippen LogP contribution in [0.3, 0.4) is 0 Å². The summed E-state index contributed by atoms with van der Waals surface area (Å²) in [7, 11) is 0. The molecule has 0 aromatic carbocycles. The van der Waals surface area contributed by atoms with Gasteiger partial charge in [-0.25, -0.2) is 0 Å². The number of hydrogen-bond donors (Lipinski definition) is 3. The molecule has 0 aromatic heterocycles. The van der Waals surface area contributed by atoms with Crippen LogP contribution in [-0.2, 0) is 14.3 Å². The fourth-order valence-electron chi connectivity index (χ4n) is 13.3. The molecule has 2 atom stereocenters. The minimum absolute atomic E-state index is 0.0133. The van der Waals surface area contributed by atoms with Gasteiger partial charge in [0.25, 0.3) is 0 Å². The van der Waals surface area contributed by atoms with Crippen molar-refractivity contribution in [2.24, 2.45) is 0 Å². The summed E-state index contributed by atoms with van der Waals surface area (Å²) in [5.41, 5.74) is 0. The van der Waals surface area contributed by atoms with E-state index in [0.717, 1.165) is 51.4 Å². The smallest absolute Gasteiger partial charge is 0.305 e. The average Bonchev–Trinajstić information content (AvgIpc) is 3.59. The summed E-state index contributed by atoms with van der Waals surface area (Å²) in [4.78, 5) is 24.7. The van der Waals surface area contributed by atoms with Gasteiger partial charge in [-0.3, -0.25) is 9.59 Å². The van der Waals surface area contributed by atoms with E-state index < -0.39 is 12.1 Å². The van der Waals surface area contributed by atoms with Gasteiger partial charge in [-0.1, -0.05) is 410 Å². The maximum Gasteiger partial charge on any atom is 0.305 e. The second-order valence-electron chi connectivity index (χ2n) is 28.8. The van der Waals surface area contributed by atoms with Crippen molar-refractivity contribution in [3.05, 3.63) is 36.5 Å². The lowest BCUT2D eigenvalue weighted by molar-refractivity contribution is -0.143. The van der Waals surface area contributed by atoms with Crippen molar-refractivity contribution in [2.45, 2.75) is 482 Å². The van der Waals surface area contributed by atoms with E-state index in [4.69, 9.17) is 4.74 Å². The molecule has 0 saturated carbocycles. The van der Waals surface area contributed by atoms with Crippen LogP contribution in [0.2, 0.25) is 0 Å². The van der Waals surface area contributed by atoms with Crippen LogP contribution in [0, 0.1) is 0 Å². The number of aliphatic hydroxyl groups excluding tert-OH is 2. The van der Waals surface area contributed by atoms with Gasteiger partial charge < -0.3 is 20.3 Å². The lowest BCUT2D eigenvalue weighted by atomic mass is 10.0. The van der Waals surface area contributed by atoms with Crippen LogP contribution in [0.5, 0.6) is 0 Å². The first kappa shape index (κ1) is 89.1. The lowest BCUT2D eigenvalue weighted by Crippen LogP contribution is -2.45. The van der Waals surface area contributed by atoms with E-state index in [1.165, 1.54) is 385 Å². The van der Waals surface area contributed by atoms with E-state index in [-0.39, 0.29) is 18.5 Å². The molecule has 0 aromatic rings. The number of hydrogen-bond acceptors (Lipinski definition) is 5. The number of rotatable bonds is 79. The number of amides is 1. The van der Waals surface area contributed by atoms with Gasteiger partial charge in [0, 0.05) is 12.8 Å². The molecule has 0 fully saturated rings. The van der Waals surface area contributed by atoms with E-state index in [2.05, 4.69) is 55.6 Å². The first-order valence-corrected chi connectivity index (χ1v) is 41.7. The summed E-state index contributed by atoms with van der Waals surface area (Å²) < 4.78 is 5.51. The van der Waals surface area contributed by atoms with Crippen molar-refractivity contribution in [2.75, 3.05) is 13.2 Å². The molecule has 2 unspecified atom stereocenters. The van der Waals surface area contributed by atoms with Crippen molar-refractivity contribution in [3.63, 3.8) is 0 Å². The maximum atomic E-state index is 12.6. The van der Waals surface area contributed by atoms with Crippen LogP contribution in [0.1, 0.15) is 470 Å². The Balaban J connectivity index is 3.34. The molecule has 0 aliphatic carbocycles. The van der Waals surface area contributed by atoms with Crippen LogP contribution in [-0.4, -0.2) is 47.4 Å². The summed E-state index contributed by atoms with van der Waals surface area (Å²) in [5, 5.41) is 23.5. The highest BCUT2D eigenvalue weighted by molar-refractivity contribution is 5.76. The van der Waals surface area contributed by atoms with Crippen molar-refractivity contribution >= 4 is 11.9 Å². The molecule has 0 saturated heterocycles. The monoisotopic (exact) mass is 1280 g/mol. The maximum absolute atomic E-state index is 12.6. The third-order valence-electron chi connectivity index (χ3n) is 19.7. The van der Waals surface area contributed by atoms with Gasteiger partial charge in [0.05, 0.1) is 25.4 Å². The highest BCUT2D eigenvalue weighted by atomic mass is 16.5. The quantitative estimate of drug-likeness (QED) is 0.0320. The SMILES string of the molecule is CCCCC/C=C\C/C=C\CCCCCCCCCC(=O)OCCCCCCCCCCCCCCCC/C=C\CCCCCCCCCCCCCCCCCCCC(=O)NC(CO)C(O)CCCCCCCCCCCCCCCCCCCCCCCC. The molecule has 0 bridgehead atoms. The van der Waals surface area contributed by atoms with Crippen molar-refractivity contribution in [3.8, 4) is 0 Å². The predicted octanol–water partition coefficient (Wildman–Crippen LogP) is 27.8. The molecule has 538 valence electrons. The summed E-state index contributed by atoms with van der Waals surface area (Å²) in [6.07, 6.45) is 105. The molecule has 0 aliphatic heterocycles. The highest BCUT2D eigenvalue weighted by Gasteiger charge is 2.20. The van der Waals surface area contributed by atoms with Crippen LogP contribution in [0.15, 0.2) is 36.5 Å². The van der Waals surface area contributed by atoms with Gasteiger partial charge in [-0.15, -0.1) is 0 Å². The van der Waals surface area contributed by atoms with Gasteiger partial charge >= 0.3 is 5.97 Å². The molecule has 6 nitrogen and oxygen atoms in total. The van der Waals surface area contributed by atoms with Gasteiger partial charge in [0.15, 0.2) is 0 Å². The molecule has 0 spiro atoms. The Morgan fingerprint density at radius 2 is 0.549 bits per heavy atom. The fourth-order valence-corrected chi connectivity index (χ4v) is 13.3. The second kappa shape index (κ2) is 80.5. The summed E-state index contributed by atoms with van der Waals surface area (Å²) in [6, 6.07) is -0.540. The van der Waals surface area contributed by atoms with Crippen LogP contribution < -0.4 is 5.32 Å². The van der Waals surface area contributed by atoms with Gasteiger partial charge in [0.2, 0.25) is 5.91 Å². The topological polar surface area (TPSA) is 95.9 Å². The summed E-state index contributed by atoms with van der Waals surface area (Å²) in [5.74, 6) is -0.0127. The van der Waals surface area contributed by atoms with E-state index in [1.807, 2.05) is 0 Å². The Bertz CT molecular complexity index is 1470. The highest BCUT2D eigenvalue weighted by Crippen LogP contribution is 2.20. The predicted molar refractivity (Wildman–Crippen MR) is 403 cm³/mol. The Morgan fingerprint density at radius 1 is 0.308 bits per heavy atom. The molecule has 0 radical (unpaired) electrons. The Morgan fingerprint density at radius 3 is 0.868 bits per heavy atom. The summed E-state index contributed by atoms with van der Waals surface area (Å²) in [6.45, 7) is 4.98. The third kappa shape index (κ3) is 77.0. The number of carbonyl (C=O) groups is 2. The van der Waals surface area contributed by atoms with Gasteiger partial charge in [-0.05, 0) is 83.5 Å². The van der Waals surface area contributed by atoms with E-state index in [9.17, 15) is 19.8 Å². The second-order valence-corrected chi connectivity index (χ2v) is 28.8. The molecular formula is C85H163NO5. The van der Waals surface area contributed by atoms with Crippen LogP contribution in [0.4, 0.5) is 0 Å². The summed E-state index contributed by atoms with van der Waals surface area (Å²) >= 11 is 0. The Hall–Kier alpha value is -1.92. The largest absolute Gasteiger partial charge is 0.466 e. The van der Waals surface area contributed by atoms with E-state index >= 15 is 0 Å². The van der Waals surface area contributed by atoms with Crippen LogP contribution >= 0.6 is 0 Å². The zero-order valence-corrected chi connectivity index (χ0v) is 61.9. The molecule has 91 heavy (non-hydrogen) atoms. The molecule has 0 aliphatic rings. The minimum Gasteiger partial charge on any atom is -0.466 e. The number of allylic oxidation sites excluding steroid dienone is 6. The standard InChI is InChI=1S/C85H163NO5/c1-3-5-7-9-11-13-15-17-19-21-22-23-39-42-46-49-53-57-61-65-69-73-77-83(88)82(81-87)86-84(89)78-74-70-66-62-58-54-50-47-43-40-37-35-33-31-29-27-25-24-26-28-30-32-34-36-38-41-44-48-52-56-60-64-68-72-76-80-91-85(90)79-75-71-67-63-59-55-51-45-20-18-16-14-12-10-8-6-4-2/h12,14,18,20,26,28,82-83,87-88H,3-11,13,15-17,19,21-25,27,29-81H2,1-2H3,(H,86,89)/b14-12-,20-18-,28-26-. The third-order valence-corrected chi connectivity index (χ3v) is 19.7. The molecule has 0 rings (SSSR count).